The van der Waals surface area contributed by atoms with E-state index in [9.17, 15) is 9.18 Å². The minimum Gasteiger partial charge on any atom is -0.321 e. The number of nitrogens with zero attached hydrogens (tertiary/aromatic N) is 1. The van der Waals surface area contributed by atoms with E-state index in [-0.39, 0.29) is 5.56 Å². The van der Waals surface area contributed by atoms with E-state index in [1.54, 1.807) is 6.07 Å². The van der Waals surface area contributed by atoms with Crippen LogP contribution in [-0.4, -0.2) is 5.91 Å². The fourth-order valence-corrected chi connectivity index (χ4v) is 2.28. The van der Waals surface area contributed by atoms with Gasteiger partial charge in [-0.1, -0.05) is 11.6 Å². The summed E-state index contributed by atoms with van der Waals surface area (Å²) in [6, 6.07) is 10.2. The Bertz CT molecular complexity index is 728. The van der Waals surface area contributed by atoms with Crippen LogP contribution in [0.5, 0.6) is 0 Å². The van der Waals surface area contributed by atoms with Crippen molar-refractivity contribution in [1.29, 1.82) is 5.26 Å². The number of hydrogen-bond donors (Lipinski definition) is 1. The molecule has 0 spiro atoms. The van der Waals surface area contributed by atoms with Gasteiger partial charge >= 0.3 is 0 Å². The number of rotatable bonds is 2. The molecule has 0 saturated carbocycles. The monoisotopic (exact) mass is 352 g/mol. The summed E-state index contributed by atoms with van der Waals surface area (Å²) in [4.78, 5) is 12.1. The van der Waals surface area contributed by atoms with Gasteiger partial charge in [-0.25, -0.2) is 4.39 Å². The fraction of sp³-hybridized carbons (Fsp3) is 0. The zero-order valence-corrected chi connectivity index (χ0v) is 12.3. The molecule has 0 fully saturated rings. The molecule has 3 nitrogen and oxygen atoms in total. The lowest BCUT2D eigenvalue weighted by atomic mass is 10.1. The van der Waals surface area contributed by atoms with Gasteiger partial charge in [-0.15, -0.1) is 0 Å². The van der Waals surface area contributed by atoms with E-state index in [1.165, 1.54) is 30.3 Å². The van der Waals surface area contributed by atoms with E-state index in [4.69, 9.17) is 16.9 Å². The summed E-state index contributed by atoms with van der Waals surface area (Å²) >= 11 is 8.95. The zero-order chi connectivity index (χ0) is 14.7. The highest BCUT2D eigenvalue weighted by molar-refractivity contribution is 9.10. The molecule has 2 rings (SSSR count). The lowest BCUT2D eigenvalue weighted by molar-refractivity contribution is 0.102. The average molecular weight is 354 g/mol. The molecule has 0 bridgehead atoms. The Morgan fingerprint density at radius 1 is 1.30 bits per heavy atom. The van der Waals surface area contributed by atoms with Crippen LogP contribution in [0.15, 0.2) is 40.9 Å². The SMILES string of the molecule is N#Cc1ccc(Cl)cc1NC(=O)c1ccc(F)cc1Br. The van der Waals surface area contributed by atoms with E-state index >= 15 is 0 Å². The zero-order valence-electron chi connectivity index (χ0n) is 9.95. The van der Waals surface area contributed by atoms with Crippen molar-refractivity contribution in [3.05, 3.63) is 62.8 Å². The summed E-state index contributed by atoms with van der Waals surface area (Å²) in [5, 5.41) is 12.0. The fourth-order valence-electron chi connectivity index (χ4n) is 1.58. The standard InChI is InChI=1S/C14H7BrClFN2O/c15-12-6-10(17)3-4-11(12)14(20)19-13-5-9(16)2-1-8(13)7-18/h1-6H,(H,19,20). The quantitative estimate of drug-likeness (QED) is 0.872. The minimum absolute atomic E-state index is 0.260. The molecule has 2 aromatic rings. The van der Waals surface area contributed by atoms with Gasteiger partial charge in [0.2, 0.25) is 0 Å². The second kappa shape index (κ2) is 6.04. The van der Waals surface area contributed by atoms with Crippen molar-refractivity contribution in [1.82, 2.24) is 0 Å². The molecular formula is C14H7BrClFN2O. The topological polar surface area (TPSA) is 52.9 Å². The predicted molar refractivity (Wildman–Crippen MR) is 78.2 cm³/mol. The molecule has 0 radical (unpaired) electrons. The van der Waals surface area contributed by atoms with Crippen LogP contribution in [0.3, 0.4) is 0 Å². The second-order valence-electron chi connectivity index (χ2n) is 3.88. The summed E-state index contributed by atoms with van der Waals surface area (Å²) in [5.41, 5.74) is 0.859. The molecule has 0 aliphatic heterocycles. The summed E-state index contributed by atoms with van der Waals surface area (Å²) in [6.07, 6.45) is 0. The van der Waals surface area contributed by atoms with Gasteiger partial charge < -0.3 is 5.32 Å². The molecular weight excluding hydrogens is 347 g/mol. The van der Waals surface area contributed by atoms with Gasteiger partial charge in [0.15, 0.2) is 0 Å². The van der Waals surface area contributed by atoms with Crippen LogP contribution in [0.4, 0.5) is 10.1 Å². The highest BCUT2D eigenvalue weighted by atomic mass is 79.9. The van der Waals surface area contributed by atoms with Crippen LogP contribution >= 0.6 is 27.5 Å². The molecule has 0 saturated heterocycles. The van der Waals surface area contributed by atoms with E-state index < -0.39 is 11.7 Å². The number of nitrogens with one attached hydrogen (secondary N) is 1. The molecule has 6 heteroatoms. The number of carbonyl (C=O) groups is 1. The Labute approximate surface area is 128 Å². The lowest BCUT2D eigenvalue weighted by Crippen LogP contribution is -2.13. The molecule has 0 aliphatic rings. The highest BCUT2D eigenvalue weighted by Gasteiger charge is 2.13. The first kappa shape index (κ1) is 14.5. The molecule has 2 aromatic carbocycles. The van der Waals surface area contributed by atoms with E-state index in [1.807, 2.05) is 6.07 Å². The largest absolute Gasteiger partial charge is 0.321 e. The molecule has 0 aromatic heterocycles. The van der Waals surface area contributed by atoms with Gasteiger partial charge in [0, 0.05) is 9.50 Å². The number of anilines is 1. The van der Waals surface area contributed by atoms with Gasteiger partial charge in [-0.3, -0.25) is 4.79 Å². The molecule has 1 amide bonds. The molecule has 0 unspecified atom stereocenters. The van der Waals surface area contributed by atoms with Crippen molar-refractivity contribution in [3.8, 4) is 6.07 Å². The average Bonchev–Trinajstić information content (AvgIpc) is 2.38. The van der Waals surface area contributed by atoms with Crippen LogP contribution in [0.2, 0.25) is 5.02 Å². The molecule has 0 atom stereocenters. The Morgan fingerprint density at radius 2 is 2.05 bits per heavy atom. The van der Waals surface area contributed by atoms with Gasteiger partial charge in [0.25, 0.3) is 5.91 Å². The van der Waals surface area contributed by atoms with Crippen LogP contribution in [0, 0.1) is 17.1 Å². The van der Waals surface area contributed by atoms with Crippen molar-refractivity contribution in [2.45, 2.75) is 0 Å². The molecule has 20 heavy (non-hydrogen) atoms. The first-order valence-corrected chi connectivity index (χ1v) is 6.64. The number of amides is 1. The molecule has 100 valence electrons. The minimum atomic E-state index is -0.462. The number of hydrogen-bond acceptors (Lipinski definition) is 2. The molecule has 0 aliphatic carbocycles. The number of nitriles is 1. The third kappa shape index (κ3) is 3.16. The Hall–Kier alpha value is -1.90. The maximum absolute atomic E-state index is 13.0. The third-order valence-electron chi connectivity index (χ3n) is 2.53. The van der Waals surface area contributed by atoms with Crippen molar-refractivity contribution < 1.29 is 9.18 Å². The predicted octanol–water partition coefficient (Wildman–Crippen LogP) is 4.37. The number of benzene rings is 2. The summed E-state index contributed by atoms with van der Waals surface area (Å²) in [6.45, 7) is 0. The van der Waals surface area contributed by atoms with E-state index in [2.05, 4.69) is 21.2 Å². The Kier molecular flexibility index (Phi) is 4.38. The first-order chi connectivity index (χ1) is 9.51. The van der Waals surface area contributed by atoms with E-state index in [0.717, 1.165) is 0 Å². The number of halogens is 3. The van der Waals surface area contributed by atoms with Crippen LogP contribution in [-0.2, 0) is 0 Å². The van der Waals surface area contributed by atoms with Crippen molar-refractivity contribution in [2.75, 3.05) is 5.32 Å². The Morgan fingerprint density at radius 3 is 2.70 bits per heavy atom. The third-order valence-corrected chi connectivity index (χ3v) is 3.42. The van der Waals surface area contributed by atoms with Gasteiger partial charge in [-0.2, -0.15) is 5.26 Å². The second-order valence-corrected chi connectivity index (χ2v) is 5.17. The van der Waals surface area contributed by atoms with Crippen molar-refractivity contribution >= 4 is 39.1 Å². The van der Waals surface area contributed by atoms with Crippen LogP contribution < -0.4 is 5.32 Å². The highest BCUT2D eigenvalue weighted by Crippen LogP contribution is 2.23. The normalized spacial score (nSPS) is 9.90. The number of carbonyl (C=O) groups excluding carboxylic acids is 1. The van der Waals surface area contributed by atoms with Crippen LogP contribution in [0.25, 0.3) is 0 Å². The maximum Gasteiger partial charge on any atom is 0.256 e. The maximum atomic E-state index is 13.0. The van der Waals surface area contributed by atoms with Gasteiger partial charge in [0.1, 0.15) is 11.9 Å². The first-order valence-electron chi connectivity index (χ1n) is 5.47. The van der Waals surface area contributed by atoms with Gasteiger partial charge in [0.05, 0.1) is 16.8 Å². The summed E-state index contributed by atoms with van der Waals surface area (Å²) < 4.78 is 13.3. The van der Waals surface area contributed by atoms with Crippen molar-refractivity contribution in [3.63, 3.8) is 0 Å². The van der Waals surface area contributed by atoms with Crippen molar-refractivity contribution in [2.24, 2.45) is 0 Å². The Balaban J connectivity index is 2.33. The lowest BCUT2D eigenvalue weighted by Gasteiger charge is -2.09. The summed E-state index contributed by atoms with van der Waals surface area (Å²) in [5.74, 6) is -0.912. The van der Waals surface area contributed by atoms with Gasteiger partial charge in [-0.05, 0) is 52.3 Å². The smallest absolute Gasteiger partial charge is 0.256 e. The summed E-state index contributed by atoms with van der Waals surface area (Å²) in [7, 11) is 0. The molecule has 0 heterocycles. The molecule has 1 N–H and O–H groups in total. The van der Waals surface area contributed by atoms with E-state index in [0.29, 0.717) is 20.7 Å². The van der Waals surface area contributed by atoms with Crippen LogP contribution in [0.1, 0.15) is 15.9 Å².